The fourth-order valence-electron chi connectivity index (χ4n) is 7.80. The second-order valence-corrected chi connectivity index (χ2v) is 10.1. The van der Waals surface area contributed by atoms with Crippen molar-refractivity contribution < 1.29 is 9.90 Å². The summed E-state index contributed by atoms with van der Waals surface area (Å²) in [6.07, 6.45) is 10.1. The van der Waals surface area contributed by atoms with Gasteiger partial charge in [-0.05, 0) is 91.4 Å². The van der Waals surface area contributed by atoms with Gasteiger partial charge in [-0.3, -0.25) is 4.79 Å². The molecule has 0 heterocycles. The molecule has 0 aliphatic heterocycles. The minimum Gasteiger partial charge on any atom is -0.378 e. The van der Waals surface area contributed by atoms with Gasteiger partial charge < -0.3 is 5.11 Å². The number of hydrogen-bond acceptors (Lipinski definition) is 3. The van der Waals surface area contributed by atoms with Gasteiger partial charge in [0.05, 0.1) is 6.07 Å². The van der Waals surface area contributed by atoms with Crippen LogP contribution in [0.1, 0.15) is 72.1 Å². The Hall–Kier alpha value is -1.14. The van der Waals surface area contributed by atoms with Crippen LogP contribution in [-0.4, -0.2) is 17.0 Å². The molecule has 142 valence electrons. The summed E-state index contributed by atoms with van der Waals surface area (Å²) in [5.74, 6) is 3.03. The summed E-state index contributed by atoms with van der Waals surface area (Å²) >= 11 is 0. The molecule has 1 N–H and O–H groups in total. The highest BCUT2D eigenvalue weighted by Crippen LogP contribution is 2.67. The topological polar surface area (TPSA) is 61.1 Å². The van der Waals surface area contributed by atoms with E-state index in [0.29, 0.717) is 17.6 Å². The minimum absolute atomic E-state index is 0.0634. The molecule has 4 aliphatic rings. The molecule has 8 atom stereocenters. The summed E-state index contributed by atoms with van der Waals surface area (Å²) in [5.41, 5.74) is 1.93. The van der Waals surface area contributed by atoms with Crippen molar-refractivity contribution >= 4 is 5.78 Å². The fourth-order valence-corrected chi connectivity index (χ4v) is 7.80. The number of fused-ring (bicyclic) bond motifs is 5. The lowest BCUT2D eigenvalue weighted by molar-refractivity contribution is -0.117. The quantitative estimate of drug-likeness (QED) is 0.733. The molecule has 0 spiro atoms. The average molecular weight is 356 g/mol. The molecular formula is C23H33NO2. The third kappa shape index (κ3) is 2.44. The highest BCUT2D eigenvalue weighted by Gasteiger charge is 2.59. The van der Waals surface area contributed by atoms with Crippen molar-refractivity contribution in [1.29, 1.82) is 5.26 Å². The lowest BCUT2D eigenvalue weighted by atomic mass is 9.46. The Morgan fingerprint density at radius 3 is 2.65 bits per heavy atom. The number of aliphatic hydroxyl groups excluding tert-OH is 1. The van der Waals surface area contributed by atoms with Gasteiger partial charge in [-0.25, -0.2) is 0 Å². The van der Waals surface area contributed by atoms with E-state index in [9.17, 15) is 15.2 Å². The van der Waals surface area contributed by atoms with Crippen LogP contribution in [-0.2, 0) is 4.79 Å². The van der Waals surface area contributed by atoms with Gasteiger partial charge in [0, 0.05) is 6.42 Å². The van der Waals surface area contributed by atoms with E-state index in [2.05, 4.69) is 26.8 Å². The lowest BCUT2D eigenvalue weighted by Gasteiger charge is -2.58. The Labute approximate surface area is 157 Å². The van der Waals surface area contributed by atoms with Gasteiger partial charge in [0.1, 0.15) is 6.10 Å². The zero-order valence-corrected chi connectivity index (χ0v) is 16.5. The molecule has 0 aromatic carbocycles. The highest BCUT2D eigenvalue weighted by molar-refractivity contribution is 5.91. The molecule has 0 amide bonds. The van der Waals surface area contributed by atoms with Crippen molar-refractivity contribution in [3.05, 3.63) is 11.6 Å². The smallest absolute Gasteiger partial charge is 0.155 e. The number of carbonyl (C=O) groups is 1. The molecule has 3 saturated carbocycles. The number of allylic oxidation sites excluding steroid dienone is 1. The minimum atomic E-state index is -0.837. The Kier molecular flexibility index (Phi) is 4.35. The standard InChI is InChI=1S/C23H33NO2/c1-14(21(26)13-24)18-6-7-19-17-5-4-15-12-16(25)8-10-22(15,2)20(17)9-11-23(18,19)3/h12,14,17-21,26H,4-11H2,1-3H3/t14-,17-,18+,19-,20-,21-,22-,23+/m0/s1. The molecule has 0 bridgehead atoms. The Balaban J connectivity index is 1.61. The third-order valence-corrected chi connectivity index (χ3v) is 9.30. The van der Waals surface area contributed by atoms with Gasteiger partial charge in [0.15, 0.2) is 5.78 Å². The molecule has 26 heavy (non-hydrogen) atoms. The maximum Gasteiger partial charge on any atom is 0.155 e. The number of nitriles is 1. The number of rotatable bonds is 2. The zero-order valence-electron chi connectivity index (χ0n) is 16.5. The van der Waals surface area contributed by atoms with Gasteiger partial charge in [-0.1, -0.05) is 26.3 Å². The molecule has 0 saturated heterocycles. The van der Waals surface area contributed by atoms with Crippen LogP contribution in [0.3, 0.4) is 0 Å². The lowest BCUT2D eigenvalue weighted by Crippen LogP contribution is -2.51. The Bertz CT molecular complexity index is 676. The van der Waals surface area contributed by atoms with E-state index in [0.717, 1.165) is 37.5 Å². The second kappa shape index (κ2) is 6.20. The largest absolute Gasteiger partial charge is 0.378 e. The van der Waals surface area contributed by atoms with E-state index in [4.69, 9.17) is 0 Å². The first-order valence-electron chi connectivity index (χ1n) is 10.6. The molecule has 4 rings (SSSR count). The predicted molar refractivity (Wildman–Crippen MR) is 101 cm³/mol. The van der Waals surface area contributed by atoms with Crippen molar-refractivity contribution in [2.24, 2.45) is 40.4 Å². The number of nitrogens with zero attached hydrogens (tertiary/aromatic N) is 1. The van der Waals surface area contributed by atoms with Crippen LogP contribution in [0.2, 0.25) is 0 Å². The van der Waals surface area contributed by atoms with Crippen LogP contribution in [0.4, 0.5) is 0 Å². The van der Waals surface area contributed by atoms with E-state index < -0.39 is 6.10 Å². The summed E-state index contributed by atoms with van der Waals surface area (Å²) in [6.45, 7) is 6.96. The summed E-state index contributed by atoms with van der Waals surface area (Å²) in [6, 6.07) is 2.07. The Morgan fingerprint density at radius 2 is 1.92 bits per heavy atom. The van der Waals surface area contributed by atoms with Gasteiger partial charge in [-0.15, -0.1) is 0 Å². The highest BCUT2D eigenvalue weighted by atomic mass is 16.3. The third-order valence-electron chi connectivity index (χ3n) is 9.30. The van der Waals surface area contributed by atoms with E-state index in [1.807, 2.05) is 6.08 Å². The van der Waals surface area contributed by atoms with Crippen molar-refractivity contribution in [3.8, 4) is 6.07 Å². The molecule has 0 radical (unpaired) electrons. The van der Waals surface area contributed by atoms with Gasteiger partial charge >= 0.3 is 0 Å². The van der Waals surface area contributed by atoms with E-state index >= 15 is 0 Å². The van der Waals surface area contributed by atoms with Crippen molar-refractivity contribution in [2.75, 3.05) is 0 Å². The Morgan fingerprint density at radius 1 is 1.15 bits per heavy atom. The number of aliphatic hydroxyl groups is 1. The number of ketones is 1. The molecule has 0 aromatic heterocycles. The average Bonchev–Trinajstić information content (AvgIpc) is 2.98. The second-order valence-electron chi connectivity index (χ2n) is 10.1. The van der Waals surface area contributed by atoms with Crippen molar-refractivity contribution in [1.82, 2.24) is 0 Å². The van der Waals surface area contributed by atoms with Crippen LogP contribution in [0.25, 0.3) is 0 Å². The predicted octanol–water partition coefficient (Wildman–Crippen LogP) is 4.66. The normalized spacial score (nSPS) is 47.0. The molecule has 0 unspecified atom stereocenters. The SMILES string of the molecule is C[C@@H]([C@H]1CC[C@H]2[C@@H]3CCC4=CC(=O)CC[C@]4(C)[C@H]3CC[C@]12C)[C@@H](O)C#N. The number of carbonyl (C=O) groups excluding carboxylic acids is 1. The summed E-state index contributed by atoms with van der Waals surface area (Å²) in [5, 5.41) is 19.3. The molecule has 3 fully saturated rings. The van der Waals surface area contributed by atoms with Crippen molar-refractivity contribution in [3.63, 3.8) is 0 Å². The fraction of sp³-hybridized carbons (Fsp3) is 0.826. The zero-order chi connectivity index (χ0) is 18.7. The van der Waals surface area contributed by atoms with Crippen molar-refractivity contribution in [2.45, 2.75) is 78.2 Å². The summed E-state index contributed by atoms with van der Waals surface area (Å²) in [7, 11) is 0. The van der Waals surface area contributed by atoms with Crippen LogP contribution in [0, 0.1) is 51.8 Å². The van der Waals surface area contributed by atoms with Crippen LogP contribution >= 0.6 is 0 Å². The number of hydrogen-bond donors (Lipinski definition) is 1. The van der Waals surface area contributed by atoms with Crippen LogP contribution in [0.5, 0.6) is 0 Å². The molecule has 0 aromatic rings. The van der Waals surface area contributed by atoms with Gasteiger partial charge in [0.2, 0.25) is 0 Å². The molecule has 3 nitrogen and oxygen atoms in total. The van der Waals surface area contributed by atoms with E-state index in [1.54, 1.807) is 0 Å². The maximum absolute atomic E-state index is 11.9. The maximum atomic E-state index is 11.9. The monoisotopic (exact) mass is 355 g/mol. The first-order chi connectivity index (χ1) is 12.3. The van der Waals surface area contributed by atoms with E-state index in [1.165, 1.54) is 31.3 Å². The first kappa shape index (κ1) is 18.2. The molecular weight excluding hydrogens is 322 g/mol. The van der Waals surface area contributed by atoms with E-state index in [-0.39, 0.29) is 16.7 Å². The summed E-state index contributed by atoms with van der Waals surface area (Å²) in [4.78, 5) is 11.9. The molecule has 3 heteroatoms. The van der Waals surface area contributed by atoms with Crippen LogP contribution in [0.15, 0.2) is 11.6 Å². The first-order valence-corrected chi connectivity index (χ1v) is 10.6. The van der Waals surface area contributed by atoms with Gasteiger partial charge in [-0.2, -0.15) is 5.26 Å². The molecule has 4 aliphatic carbocycles. The summed E-state index contributed by atoms with van der Waals surface area (Å²) < 4.78 is 0. The van der Waals surface area contributed by atoms with Gasteiger partial charge in [0.25, 0.3) is 0 Å². The van der Waals surface area contributed by atoms with Crippen LogP contribution < -0.4 is 0 Å².